The first kappa shape index (κ1) is 42.6. The molecule has 5 amide bonds. The van der Waals surface area contributed by atoms with E-state index in [-0.39, 0.29) is 85.8 Å². The number of piperazine rings is 1. The van der Waals surface area contributed by atoms with Gasteiger partial charge in [-0.25, -0.2) is 14.0 Å². The predicted molar refractivity (Wildman–Crippen MR) is 215 cm³/mol. The molecule has 3 heterocycles. The van der Waals surface area contributed by atoms with Gasteiger partial charge in [-0.2, -0.15) is 0 Å². The van der Waals surface area contributed by atoms with E-state index in [1.165, 1.54) is 18.2 Å². The van der Waals surface area contributed by atoms with Gasteiger partial charge >= 0.3 is 30.9 Å². The van der Waals surface area contributed by atoms with E-state index < -0.39 is 60.3 Å². The smallest absolute Gasteiger partial charge is 0.481 e. The number of amides is 5. The predicted octanol–water partition coefficient (Wildman–Crippen LogP) is 4.28. The van der Waals surface area contributed by atoms with E-state index in [9.17, 15) is 24.0 Å². The molecular weight excluding hydrogens is 776 g/mol. The maximum atomic E-state index is 16.2. The van der Waals surface area contributed by atoms with Crippen LogP contribution in [0.3, 0.4) is 0 Å². The van der Waals surface area contributed by atoms with Crippen molar-refractivity contribution >= 4 is 36.8 Å². The number of pyridine rings is 1. The van der Waals surface area contributed by atoms with Crippen LogP contribution in [0.2, 0.25) is 0 Å². The highest BCUT2D eigenvalue weighted by Gasteiger charge is 2.65. The van der Waals surface area contributed by atoms with Gasteiger partial charge < -0.3 is 39.1 Å². The van der Waals surface area contributed by atoms with Crippen molar-refractivity contribution in [2.24, 2.45) is 23.2 Å². The van der Waals surface area contributed by atoms with Gasteiger partial charge in [0, 0.05) is 25.7 Å². The molecule has 2 N–H and O–H groups in total. The van der Waals surface area contributed by atoms with E-state index in [0.717, 1.165) is 18.1 Å². The maximum Gasteiger partial charge on any atom is 0.481 e. The number of halogens is 1. The minimum atomic E-state index is -1.82. The first-order valence-electron chi connectivity index (χ1n) is 20.4. The highest BCUT2D eigenvalue weighted by molar-refractivity contribution is 6.47. The Labute approximate surface area is 348 Å². The first-order valence-corrected chi connectivity index (χ1v) is 20.4. The minimum Gasteiger partial charge on any atom is -0.496 e. The fraction of sp³-hybridized carbons (Fsp3) is 0.488. The minimum absolute atomic E-state index is 0.00689. The molecule has 17 heteroatoms. The Kier molecular flexibility index (Phi) is 12.5. The van der Waals surface area contributed by atoms with Crippen LogP contribution < -0.4 is 20.1 Å². The number of para-hydroxylation sites is 1. The number of esters is 1. The third kappa shape index (κ3) is 8.16. The number of benzene rings is 2. The summed E-state index contributed by atoms with van der Waals surface area (Å²) in [7, 11) is 0.407. The van der Waals surface area contributed by atoms with Crippen molar-refractivity contribution in [1.29, 1.82) is 0 Å². The second kappa shape index (κ2) is 17.6. The summed E-state index contributed by atoms with van der Waals surface area (Å²) in [5, 5.41) is 5.43. The molecule has 1 unspecified atom stereocenters. The summed E-state index contributed by atoms with van der Waals surface area (Å²) in [6, 6.07) is 12.3. The average Bonchev–Trinajstić information content (AvgIpc) is 3.69. The van der Waals surface area contributed by atoms with Gasteiger partial charge in [0.05, 0.1) is 38.1 Å². The Morgan fingerprint density at radius 2 is 1.75 bits per heavy atom. The third-order valence-corrected chi connectivity index (χ3v) is 12.6. The third-order valence-electron chi connectivity index (χ3n) is 12.6. The number of carbonyl (C=O) groups is 5. The Hall–Kier alpha value is -5.55. The highest BCUT2D eigenvalue weighted by atomic mass is 19.1. The van der Waals surface area contributed by atoms with Crippen LogP contribution in [-0.2, 0) is 41.5 Å². The molecule has 2 aliphatic heterocycles. The lowest BCUT2D eigenvalue weighted by atomic mass is 9.44. The molecular formula is C43H51BFN5O10. The summed E-state index contributed by atoms with van der Waals surface area (Å²) in [4.78, 5) is 73.6. The Morgan fingerprint density at radius 1 is 1.00 bits per heavy atom. The summed E-state index contributed by atoms with van der Waals surface area (Å²) in [5.41, 5.74) is 1.06. The van der Waals surface area contributed by atoms with Gasteiger partial charge in [-0.3, -0.25) is 24.3 Å². The number of hydrogen-bond acceptors (Lipinski definition) is 11. The molecule has 3 aliphatic carbocycles. The number of methoxy groups -OCH3 is 1. The first-order chi connectivity index (χ1) is 28.8. The van der Waals surface area contributed by atoms with Crippen LogP contribution >= 0.6 is 0 Å². The molecule has 5 aliphatic rings. The lowest BCUT2D eigenvalue weighted by Crippen LogP contribution is -2.63. The van der Waals surface area contributed by atoms with Crippen molar-refractivity contribution < 1.29 is 51.9 Å². The number of ether oxygens (including phenoxy) is 3. The van der Waals surface area contributed by atoms with Crippen LogP contribution in [0.25, 0.3) is 0 Å². The molecule has 15 nitrogen and oxygen atoms in total. The van der Waals surface area contributed by atoms with E-state index in [0.29, 0.717) is 16.4 Å². The molecule has 60 heavy (non-hydrogen) atoms. The molecule has 0 spiro atoms. The Balaban J connectivity index is 1.22. The summed E-state index contributed by atoms with van der Waals surface area (Å²) < 4.78 is 46.3. The number of likely N-dealkylation sites (N-methyl/N-ethyl adjacent to an activating group) is 1. The molecule has 8 rings (SSSR count). The quantitative estimate of drug-likeness (QED) is 0.135. The largest absolute Gasteiger partial charge is 0.496 e. The highest BCUT2D eigenvalue weighted by Crippen LogP contribution is 2.63. The average molecular weight is 828 g/mol. The van der Waals surface area contributed by atoms with Crippen molar-refractivity contribution in [2.45, 2.75) is 78.3 Å². The monoisotopic (exact) mass is 827 g/mol. The fourth-order valence-corrected chi connectivity index (χ4v) is 9.27. The number of hydrogen-bond donors (Lipinski definition) is 2. The van der Waals surface area contributed by atoms with Gasteiger partial charge in [0.1, 0.15) is 29.4 Å². The second-order valence-corrected chi connectivity index (χ2v) is 16.3. The zero-order chi connectivity index (χ0) is 42.9. The van der Waals surface area contributed by atoms with Gasteiger partial charge in [0.2, 0.25) is 5.91 Å². The molecule has 2 saturated heterocycles. The van der Waals surface area contributed by atoms with Crippen LogP contribution in [0.15, 0.2) is 60.8 Å². The molecule has 3 aromatic rings. The van der Waals surface area contributed by atoms with Crippen molar-refractivity contribution in [3.8, 4) is 11.5 Å². The SMILES string of the molecule is CCOC(=O)c1cccc(C[C@H](NC(=O)C(NC(=O)N2CCN(CC)C(=O)C2=O)c2ncc(OCc3ccccc3)cc2F)B2O[C@H]3[C@H](C)[C@H]4C[C@@H]([C@H]3O2)C4(C)C)c1OC. The second-order valence-electron chi connectivity index (χ2n) is 16.3. The van der Waals surface area contributed by atoms with Crippen molar-refractivity contribution in [3.63, 3.8) is 0 Å². The zero-order valence-corrected chi connectivity index (χ0v) is 34.6. The number of imide groups is 1. The molecule has 2 bridgehead atoms. The van der Waals surface area contributed by atoms with Crippen molar-refractivity contribution in [3.05, 3.63) is 89.0 Å². The molecule has 3 saturated carbocycles. The zero-order valence-electron chi connectivity index (χ0n) is 34.6. The standard InChI is InChI=1S/C43H51BFN5O10/c1-7-49-17-18-50(40(53)39(49)52)42(55)48-34(33-31(45)20-27(22-46-33)58-23-25-13-10-9-11-14-25)38(51)47-32(19-26-15-12-16-28(36(26)56-6)41(54)57-8-2)44-59-35-24(3)29-21-30(37(35)60-44)43(29,4)5/h9-16,20,22,24,29-30,32,34-35,37H,7-8,17-19,21,23H2,1-6H3,(H,47,51)(H,48,55)/t24-,29-,30+,32+,34?,35+,37-/m1/s1. The van der Waals surface area contributed by atoms with E-state index in [1.54, 1.807) is 32.0 Å². The number of urea groups is 1. The Morgan fingerprint density at radius 3 is 2.43 bits per heavy atom. The van der Waals surface area contributed by atoms with Gasteiger partial charge in [-0.1, -0.05) is 63.2 Å². The molecule has 2 aromatic carbocycles. The van der Waals surface area contributed by atoms with E-state index in [2.05, 4.69) is 36.4 Å². The summed E-state index contributed by atoms with van der Waals surface area (Å²) in [6.45, 7) is 10.4. The molecule has 1 aromatic heterocycles. The topological polar surface area (TPSA) is 175 Å². The van der Waals surface area contributed by atoms with Crippen LogP contribution in [0, 0.1) is 29.0 Å². The molecule has 5 fully saturated rings. The lowest BCUT2D eigenvalue weighted by Gasteiger charge is -2.63. The summed E-state index contributed by atoms with van der Waals surface area (Å²) in [6.07, 6.45) is 1.69. The fourth-order valence-electron chi connectivity index (χ4n) is 9.27. The van der Waals surface area contributed by atoms with Crippen LogP contribution in [-0.4, -0.2) is 103 Å². The number of rotatable bonds is 14. The molecule has 0 radical (unpaired) electrons. The number of nitrogens with zero attached hydrogens (tertiary/aromatic N) is 3. The normalized spacial score (nSPS) is 23.9. The van der Waals surface area contributed by atoms with Crippen LogP contribution in [0.1, 0.15) is 74.3 Å². The van der Waals surface area contributed by atoms with Gasteiger partial charge in [0.25, 0.3) is 0 Å². The van der Waals surface area contributed by atoms with Gasteiger partial charge in [0.15, 0.2) is 11.9 Å². The number of aromatic nitrogens is 1. The van der Waals surface area contributed by atoms with Crippen LogP contribution in [0.4, 0.5) is 9.18 Å². The molecule has 7 atom stereocenters. The number of nitrogens with one attached hydrogen (secondary N) is 2. The van der Waals surface area contributed by atoms with E-state index in [1.807, 2.05) is 30.3 Å². The molecule has 318 valence electrons. The van der Waals surface area contributed by atoms with Gasteiger partial charge in [-0.15, -0.1) is 0 Å². The summed E-state index contributed by atoms with van der Waals surface area (Å²) >= 11 is 0. The van der Waals surface area contributed by atoms with E-state index in [4.69, 9.17) is 23.5 Å². The van der Waals surface area contributed by atoms with Crippen molar-refractivity contribution in [1.82, 2.24) is 25.4 Å². The van der Waals surface area contributed by atoms with Crippen molar-refractivity contribution in [2.75, 3.05) is 33.4 Å². The maximum absolute atomic E-state index is 16.2. The van der Waals surface area contributed by atoms with Gasteiger partial charge in [-0.05, 0) is 67.1 Å². The van der Waals surface area contributed by atoms with Crippen LogP contribution in [0.5, 0.6) is 11.5 Å². The Bertz CT molecular complexity index is 2130. The summed E-state index contributed by atoms with van der Waals surface area (Å²) in [5.74, 6) is -4.37. The number of carbonyl (C=O) groups excluding carboxylic acids is 5. The lowest BCUT2D eigenvalue weighted by molar-refractivity contribution is -0.182. The van der Waals surface area contributed by atoms with E-state index >= 15 is 4.39 Å².